The van der Waals surface area contributed by atoms with Crippen LogP contribution in [-0.4, -0.2) is 15.0 Å². The summed E-state index contributed by atoms with van der Waals surface area (Å²) in [6.07, 6.45) is 3.57. The van der Waals surface area contributed by atoms with Gasteiger partial charge in [0.2, 0.25) is 0 Å². The lowest BCUT2D eigenvalue weighted by atomic mass is 9.69. The number of nitrogens with zero attached hydrogens (tertiary/aromatic N) is 3. The second kappa shape index (κ2) is 7.34. The van der Waals surface area contributed by atoms with Crippen molar-refractivity contribution >= 4 is 56.2 Å². The number of halogens is 2. The third-order valence-corrected chi connectivity index (χ3v) is 7.40. The number of hydrogen-bond donors (Lipinski definition) is 0. The van der Waals surface area contributed by atoms with E-state index in [2.05, 4.69) is 123 Å². The Morgan fingerprint density at radius 1 is 0.645 bits per heavy atom. The van der Waals surface area contributed by atoms with Crippen molar-refractivity contribution in [3.8, 4) is 11.3 Å². The Morgan fingerprint density at radius 2 is 1.29 bits per heavy atom. The van der Waals surface area contributed by atoms with E-state index in [1.165, 1.54) is 23.8 Å². The van der Waals surface area contributed by atoms with Crippen LogP contribution in [-0.2, 0) is 5.41 Å². The predicted octanol–water partition coefficient (Wildman–Crippen LogP) is 6.60. The Bertz CT molecular complexity index is 1400. The summed E-state index contributed by atoms with van der Waals surface area (Å²) in [6, 6.07) is 28.1. The van der Waals surface area contributed by atoms with Crippen LogP contribution in [0.1, 0.15) is 22.4 Å². The van der Waals surface area contributed by atoms with Gasteiger partial charge in [-0.05, 0) is 92.2 Å². The second-order valence-corrected chi connectivity index (χ2v) is 10.1. The highest BCUT2D eigenvalue weighted by atomic mass is 127. The lowest BCUT2D eigenvalue weighted by Crippen LogP contribution is -2.29. The van der Waals surface area contributed by atoms with E-state index in [4.69, 9.17) is 9.97 Å². The Labute approximate surface area is 207 Å². The topological polar surface area (TPSA) is 38.7 Å². The van der Waals surface area contributed by atoms with Crippen LogP contribution in [0.4, 0.5) is 0 Å². The zero-order chi connectivity index (χ0) is 21.0. The Kier molecular flexibility index (Phi) is 4.57. The highest BCUT2D eigenvalue weighted by Crippen LogP contribution is 2.54. The molecule has 6 rings (SSSR count). The molecule has 3 aromatic carbocycles. The van der Waals surface area contributed by atoms with Gasteiger partial charge in [0.1, 0.15) is 5.52 Å². The van der Waals surface area contributed by atoms with Crippen molar-refractivity contribution in [3.63, 3.8) is 0 Å². The van der Waals surface area contributed by atoms with E-state index < -0.39 is 5.41 Å². The first kappa shape index (κ1) is 19.3. The van der Waals surface area contributed by atoms with Crippen molar-refractivity contribution in [1.82, 2.24) is 15.0 Å². The Morgan fingerprint density at radius 3 is 1.97 bits per heavy atom. The summed E-state index contributed by atoms with van der Waals surface area (Å²) in [6.45, 7) is 0. The van der Waals surface area contributed by atoms with Crippen molar-refractivity contribution < 1.29 is 0 Å². The van der Waals surface area contributed by atoms with Gasteiger partial charge in [0.15, 0.2) is 0 Å². The van der Waals surface area contributed by atoms with Crippen LogP contribution in [0, 0.1) is 7.14 Å². The quantitative estimate of drug-likeness (QED) is 0.204. The molecule has 0 N–H and O–H groups in total. The van der Waals surface area contributed by atoms with Gasteiger partial charge in [0.25, 0.3) is 0 Å². The van der Waals surface area contributed by atoms with E-state index in [0.717, 1.165) is 28.0 Å². The summed E-state index contributed by atoms with van der Waals surface area (Å²) in [5.41, 5.74) is 7.82. The molecule has 0 radical (unpaired) electrons. The maximum Gasteiger partial charge on any atom is 0.108 e. The molecule has 31 heavy (non-hydrogen) atoms. The highest BCUT2D eigenvalue weighted by molar-refractivity contribution is 14.1. The fourth-order valence-corrected chi connectivity index (χ4v) is 5.37. The molecular weight excluding hydrogens is 608 g/mol. The number of rotatable bonds is 2. The van der Waals surface area contributed by atoms with Gasteiger partial charge in [-0.15, -0.1) is 0 Å². The molecule has 0 saturated carbocycles. The standard InChI is InChI=1S/C26H15I2N3/c27-18-9-5-16(6-10-18)26(17-7-11-19(28)12-8-17)21-4-2-1-3-20(21)24-25(26)31-22-13-14-29-15-23(22)30-24/h1-15H. The fourth-order valence-electron chi connectivity index (χ4n) is 4.65. The Hall–Kier alpha value is -2.39. The fraction of sp³-hybridized carbons (Fsp3) is 0.0385. The number of hydrogen-bond acceptors (Lipinski definition) is 3. The minimum Gasteiger partial charge on any atom is -0.262 e. The van der Waals surface area contributed by atoms with Crippen molar-refractivity contribution in [2.24, 2.45) is 0 Å². The molecular formula is C26H15I2N3. The minimum atomic E-state index is -0.523. The average molecular weight is 623 g/mol. The van der Waals surface area contributed by atoms with E-state index in [9.17, 15) is 0 Å². The van der Waals surface area contributed by atoms with Crippen LogP contribution < -0.4 is 0 Å². The molecule has 0 spiro atoms. The van der Waals surface area contributed by atoms with Crippen LogP contribution in [0.2, 0.25) is 0 Å². The summed E-state index contributed by atoms with van der Waals surface area (Å²) in [5.74, 6) is 0. The lowest BCUT2D eigenvalue weighted by molar-refractivity contribution is 0.739. The van der Waals surface area contributed by atoms with Crippen LogP contribution in [0.25, 0.3) is 22.3 Å². The molecule has 0 fully saturated rings. The third kappa shape index (κ3) is 2.86. The summed E-state index contributed by atoms with van der Waals surface area (Å²) in [7, 11) is 0. The molecule has 2 aromatic heterocycles. The zero-order valence-electron chi connectivity index (χ0n) is 16.3. The first-order valence-electron chi connectivity index (χ1n) is 9.92. The first-order valence-corrected chi connectivity index (χ1v) is 12.1. The maximum absolute atomic E-state index is 5.22. The Balaban J connectivity index is 1.80. The van der Waals surface area contributed by atoms with Crippen molar-refractivity contribution in [3.05, 3.63) is 121 Å². The van der Waals surface area contributed by atoms with E-state index in [-0.39, 0.29) is 0 Å². The molecule has 0 bridgehead atoms. The van der Waals surface area contributed by atoms with Crippen LogP contribution in [0.15, 0.2) is 91.3 Å². The molecule has 0 aliphatic heterocycles. The average Bonchev–Trinajstić information content (AvgIpc) is 3.09. The number of aromatic nitrogens is 3. The lowest BCUT2D eigenvalue weighted by Gasteiger charge is -2.32. The van der Waals surface area contributed by atoms with Gasteiger partial charge in [-0.2, -0.15) is 0 Å². The van der Waals surface area contributed by atoms with Crippen LogP contribution in [0.5, 0.6) is 0 Å². The molecule has 0 amide bonds. The molecule has 0 atom stereocenters. The largest absolute Gasteiger partial charge is 0.262 e. The van der Waals surface area contributed by atoms with Gasteiger partial charge in [-0.3, -0.25) is 4.98 Å². The normalized spacial score (nSPS) is 13.7. The SMILES string of the molecule is Ic1ccc(C2(c3ccc(I)cc3)c3ccccc3-c3nc4cnccc4nc32)cc1. The maximum atomic E-state index is 5.22. The zero-order valence-corrected chi connectivity index (χ0v) is 20.6. The van der Waals surface area contributed by atoms with E-state index in [1.54, 1.807) is 12.4 Å². The molecule has 5 aromatic rings. The molecule has 1 aliphatic carbocycles. The molecule has 0 saturated heterocycles. The molecule has 2 heterocycles. The highest BCUT2D eigenvalue weighted by Gasteiger charge is 2.48. The predicted molar refractivity (Wildman–Crippen MR) is 140 cm³/mol. The third-order valence-electron chi connectivity index (χ3n) is 5.96. The van der Waals surface area contributed by atoms with Crippen molar-refractivity contribution in [1.29, 1.82) is 0 Å². The second-order valence-electron chi connectivity index (χ2n) is 7.59. The van der Waals surface area contributed by atoms with Gasteiger partial charge < -0.3 is 0 Å². The van der Waals surface area contributed by atoms with Crippen molar-refractivity contribution in [2.45, 2.75) is 5.41 Å². The smallest absolute Gasteiger partial charge is 0.108 e. The number of benzene rings is 3. The molecule has 3 nitrogen and oxygen atoms in total. The molecule has 5 heteroatoms. The van der Waals surface area contributed by atoms with Crippen LogP contribution in [0.3, 0.4) is 0 Å². The van der Waals surface area contributed by atoms with Crippen molar-refractivity contribution in [2.75, 3.05) is 0 Å². The van der Waals surface area contributed by atoms with Gasteiger partial charge in [0, 0.05) is 18.9 Å². The summed E-state index contributed by atoms with van der Waals surface area (Å²) in [4.78, 5) is 14.5. The van der Waals surface area contributed by atoms with Gasteiger partial charge in [0.05, 0.1) is 28.5 Å². The summed E-state index contributed by atoms with van der Waals surface area (Å²) in [5, 5.41) is 0. The number of fused-ring (bicyclic) bond motifs is 4. The van der Waals surface area contributed by atoms with Gasteiger partial charge >= 0.3 is 0 Å². The molecule has 0 unspecified atom stereocenters. The number of pyridine rings is 1. The van der Waals surface area contributed by atoms with E-state index >= 15 is 0 Å². The summed E-state index contributed by atoms with van der Waals surface area (Å²) >= 11 is 4.72. The van der Waals surface area contributed by atoms with Gasteiger partial charge in [-0.1, -0.05) is 48.5 Å². The molecule has 148 valence electrons. The van der Waals surface area contributed by atoms with E-state index in [1.807, 2.05) is 6.07 Å². The minimum absolute atomic E-state index is 0.523. The van der Waals surface area contributed by atoms with Gasteiger partial charge in [-0.25, -0.2) is 9.97 Å². The molecule has 1 aliphatic rings. The monoisotopic (exact) mass is 623 g/mol. The first-order chi connectivity index (χ1) is 15.2. The summed E-state index contributed by atoms with van der Waals surface area (Å²) < 4.78 is 2.42. The van der Waals surface area contributed by atoms with Crippen LogP contribution >= 0.6 is 45.2 Å². The van der Waals surface area contributed by atoms with E-state index in [0.29, 0.717) is 0 Å².